The third-order valence-electron chi connectivity index (χ3n) is 5.03. The van der Waals surface area contributed by atoms with Crippen molar-refractivity contribution in [2.75, 3.05) is 6.54 Å². The largest absolute Gasteiger partial charge is 0.480 e. The maximum atomic E-state index is 11.7. The predicted octanol–water partition coefficient (Wildman–Crippen LogP) is 5.26. The molecule has 2 aromatic carbocycles. The number of ether oxygens (including phenoxy) is 1. The second-order valence-corrected chi connectivity index (χ2v) is 6.88. The predicted molar refractivity (Wildman–Crippen MR) is 103 cm³/mol. The lowest BCUT2D eigenvalue weighted by atomic mass is 9.98. The van der Waals surface area contributed by atoms with Crippen LogP contribution in [0.25, 0.3) is 0 Å². The van der Waals surface area contributed by atoms with E-state index >= 15 is 0 Å². The number of para-hydroxylation sites is 1. The molecule has 1 N–H and O–H groups in total. The van der Waals surface area contributed by atoms with Crippen molar-refractivity contribution in [2.24, 2.45) is 0 Å². The first-order valence-electron chi connectivity index (χ1n) is 9.50. The molecule has 2 atom stereocenters. The van der Waals surface area contributed by atoms with Crippen LogP contribution in [0.2, 0.25) is 0 Å². The average molecular weight is 353 g/mol. The number of unbranched alkanes of at least 4 members (excludes halogenated alkanes) is 1. The molecule has 4 nitrogen and oxygen atoms in total. The summed E-state index contributed by atoms with van der Waals surface area (Å²) < 4.78 is 5.98. The van der Waals surface area contributed by atoms with Gasteiger partial charge < -0.3 is 9.84 Å². The van der Waals surface area contributed by atoms with Gasteiger partial charge in [-0.05, 0) is 55.6 Å². The van der Waals surface area contributed by atoms with Crippen LogP contribution in [0.4, 0.5) is 0 Å². The van der Waals surface area contributed by atoms with Gasteiger partial charge in [0.1, 0.15) is 17.5 Å². The molecule has 26 heavy (non-hydrogen) atoms. The summed E-state index contributed by atoms with van der Waals surface area (Å²) in [5.41, 5.74) is 1.14. The van der Waals surface area contributed by atoms with Crippen LogP contribution in [0.5, 0.6) is 11.5 Å². The molecule has 0 amide bonds. The highest BCUT2D eigenvalue weighted by atomic mass is 16.5. The summed E-state index contributed by atoms with van der Waals surface area (Å²) in [6.45, 7) is 3.01. The Hall–Kier alpha value is -2.33. The van der Waals surface area contributed by atoms with Gasteiger partial charge >= 0.3 is 5.97 Å². The Morgan fingerprint density at radius 2 is 1.96 bits per heavy atom. The molecular weight excluding hydrogens is 326 g/mol. The quantitative estimate of drug-likeness (QED) is 0.703. The third kappa shape index (κ3) is 4.44. The van der Waals surface area contributed by atoms with Crippen LogP contribution in [-0.4, -0.2) is 28.6 Å². The van der Waals surface area contributed by atoms with Gasteiger partial charge in [-0.3, -0.25) is 9.69 Å². The number of carboxylic acid groups (broad SMARTS) is 1. The smallest absolute Gasteiger partial charge is 0.320 e. The van der Waals surface area contributed by atoms with Crippen LogP contribution in [0, 0.1) is 0 Å². The van der Waals surface area contributed by atoms with Crippen molar-refractivity contribution in [2.45, 2.75) is 51.1 Å². The molecule has 0 aliphatic carbocycles. The molecule has 0 radical (unpaired) electrons. The highest BCUT2D eigenvalue weighted by molar-refractivity contribution is 5.74. The van der Waals surface area contributed by atoms with E-state index in [-0.39, 0.29) is 12.1 Å². The van der Waals surface area contributed by atoms with Crippen LogP contribution in [0.1, 0.15) is 50.6 Å². The molecule has 4 heteroatoms. The van der Waals surface area contributed by atoms with Crippen molar-refractivity contribution in [3.05, 3.63) is 60.2 Å². The molecule has 138 valence electrons. The number of carbonyl (C=O) groups is 1. The van der Waals surface area contributed by atoms with Crippen LogP contribution in [0.15, 0.2) is 54.6 Å². The lowest BCUT2D eigenvalue weighted by Gasteiger charge is -2.32. The standard InChI is InChI=1S/C22H27NO3/c1-2-3-13-20(23-15-8-14-21(23)22(24)25)17-9-7-12-19(16-17)26-18-10-5-4-6-11-18/h4-7,9-12,16,20-21H,2-3,8,13-15H2,1H3,(H,24,25). The minimum absolute atomic E-state index is 0.123. The van der Waals surface area contributed by atoms with Crippen LogP contribution in [-0.2, 0) is 4.79 Å². The topological polar surface area (TPSA) is 49.8 Å². The Kier molecular flexibility index (Phi) is 6.29. The molecule has 3 rings (SSSR count). The molecule has 0 saturated carbocycles. The van der Waals surface area contributed by atoms with Gasteiger partial charge in [0.15, 0.2) is 0 Å². The van der Waals surface area contributed by atoms with Gasteiger partial charge in [0.05, 0.1) is 0 Å². The first kappa shape index (κ1) is 18.5. The molecule has 1 fully saturated rings. The van der Waals surface area contributed by atoms with Gasteiger partial charge in [-0.2, -0.15) is 0 Å². The van der Waals surface area contributed by atoms with E-state index in [1.165, 1.54) is 0 Å². The fourth-order valence-corrected chi connectivity index (χ4v) is 3.76. The fourth-order valence-electron chi connectivity index (χ4n) is 3.76. The summed E-state index contributed by atoms with van der Waals surface area (Å²) in [4.78, 5) is 13.8. The first-order valence-corrected chi connectivity index (χ1v) is 9.50. The van der Waals surface area contributed by atoms with Gasteiger partial charge in [0.2, 0.25) is 0 Å². The number of hydrogen-bond donors (Lipinski definition) is 1. The Morgan fingerprint density at radius 3 is 2.69 bits per heavy atom. The molecule has 1 aliphatic heterocycles. The van der Waals surface area contributed by atoms with E-state index in [4.69, 9.17) is 4.74 Å². The van der Waals surface area contributed by atoms with Gasteiger partial charge in [-0.15, -0.1) is 0 Å². The maximum Gasteiger partial charge on any atom is 0.320 e. The van der Waals surface area contributed by atoms with Crippen LogP contribution >= 0.6 is 0 Å². The summed E-state index contributed by atoms with van der Waals surface area (Å²) >= 11 is 0. The Balaban J connectivity index is 1.84. The second-order valence-electron chi connectivity index (χ2n) is 6.88. The van der Waals surface area contributed by atoms with Gasteiger partial charge in [-0.25, -0.2) is 0 Å². The molecule has 2 aromatic rings. The van der Waals surface area contributed by atoms with E-state index in [1.54, 1.807) is 0 Å². The lowest BCUT2D eigenvalue weighted by molar-refractivity contribution is -0.143. The van der Waals surface area contributed by atoms with Crippen LogP contribution < -0.4 is 4.74 Å². The van der Waals surface area contributed by atoms with E-state index in [0.717, 1.165) is 55.7 Å². The maximum absolute atomic E-state index is 11.7. The van der Waals surface area contributed by atoms with Crippen molar-refractivity contribution in [3.8, 4) is 11.5 Å². The zero-order chi connectivity index (χ0) is 18.4. The minimum Gasteiger partial charge on any atom is -0.480 e. The number of likely N-dealkylation sites (tertiary alicyclic amines) is 1. The molecular formula is C22H27NO3. The van der Waals surface area contributed by atoms with Gasteiger partial charge in [0, 0.05) is 6.04 Å². The summed E-state index contributed by atoms with van der Waals surface area (Å²) in [7, 11) is 0. The van der Waals surface area contributed by atoms with E-state index in [1.807, 2.05) is 42.5 Å². The van der Waals surface area contributed by atoms with Crippen molar-refractivity contribution in [1.82, 2.24) is 4.90 Å². The van der Waals surface area contributed by atoms with Crippen molar-refractivity contribution in [1.29, 1.82) is 0 Å². The Morgan fingerprint density at radius 1 is 1.19 bits per heavy atom. The Labute approximate surface area is 155 Å². The zero-order valence-corrected chi connectivity index (χ0v) is 15.3. The van der Waals surface area contributed by atoms with Gasteiger partial charge in [-0.1, -0.05) is 50.1 Å². The monoisotopic (exact) mass is 353 g/mol. The normalized spacial score (nSPS) is 18.6. The highest BCUT2D eigenvalue weighted by Crippen LogP contribution is 2.35. The molecule has 0 aromatic heterocycles. The highest BCUT2D eigenvalue weighted by Gasteiger charge is 2.35. The van der Waals surface area contributed by atoms with Crippen molar-refractivity contribution < 1.29 is 14.6 Å². The van der Waals surface area contributed by atoms with Crippen molar-refractivity contribution in [3.63, 3.8) is 0 Å². The molecule has 2 unspecified atom stereocenters. The van der Waals surface area contributed by atoms with E-state index in [0.29, 0.717) is 0 Å². The van der Waals surface area contributed by atoms with Crippen LogP contribution in [0.3, 0.4) is 0 Å². The molecule has 1 saturated heterocycles. The van der Waals surface area contributed by atoms with E-state index < -0.39 is 5.97 Å². The summed E-state index contributed by atoms with van der Waals surface area (Å²) in [6, 6.07) is 17.6. The molecule has 0 spiro atoms. The fraction of sp³-hybridized carbons (Fsp3) is 0.409. The Bertz CT molecular complexity index is 716. The zero-order valence-electron chi connectivity index (χ0n) is 15.3. The van der Waals surface area contributed by atoms with E-state index in [9.17, 15) is 9.90 Å². The van der Waals surface area contributed by atoms with Crippen molar-refractivity contribution >= 4 is 5.97 Å². The van der Waals surface area contributed by atoms with E-state index in [2.05, 4.69) is 24.0 Å². The molecule has 0 bridgehead atoms. The minimum atomic E-state index is -0.708. The number of benzene rings is 2. The third-order valence-corrected chi connectivity index (χ3v) is 5.03. The summed E-state index contributed by atoms with van der Waals surface area (Å²) in [5.74, 6) is 0.890. The number of nitrogens with zero attached hydrogens (tertiary/aromatic N) is 1. The second kappa shape index (κ2) is 8.86. The SMILES string of the molecule is CCCCC(c1cccc(Oc2ccccc2)c1)N1CCCC1C(=O)O. The number of hydrogen-bond acceptors (Lipinski definition) is 3. The summed E-state index contributed by atoms with van der Waals surface area (Å²) in [5, 5.41) is 9.59. The average Bonchev–Trinajstić information content (AvgIpc) is 3.13. The first-order chi connectivity index (χ1) is 12.7. The molecule has 1 heterocycles. The number of aliphatic carboxylic acids is 1. The summed E-state index contributed by atoms with van der Waals surface area (Å²) in [6.07, 6.45) is 4.83. The molecule has 1 aliphatic rings. The number of carboxylic acids is 1. The number of rotatable bonds is 8. The van der Waals surface area contributed by atoms with Gasteiger partial charge in [0.25, 0.3) is 0 Å². The lowest BCUT2D eigenvalue weighted by Crippen LogP contribution is -2.38.